The van der Waals surface area contributed by atoms with E-state index in [2.05, 4.69) is 9.44 Å². The maximum atomic E-state index is 12.3. The standard InChI is InChI=1S/C15H17ClN2O5S2/c1-11-4-3-5-12(8-11)23-10-17-25(21,22)13-6-7-14(16)15(9-13)18-24(2,19)20/h3-9,17-18H,10H2,1-2H3. The fourth-order valence-corrected chi connectivity index (χ4v) is 3.62. The minimum atomic E-state index is -3.90. The van der Waals surface area contributed by atoms with E-state index >= 15 is 0 Å². The Kier molecular flexibility index (Phi) is 5.94. The first-order chi connectivity index (χ1) is 11.6. The van der Waals surface area contributed by atoms with Crippen LogP contribution in [-0.2, 0) is 20.0 Å². The van der Waals surface area contributed by atoms with Crippen LogP contribution in [0.1, 0.15) is 5.56 Å². The number of halogens is 1. The van der Waals surface area contributed by atoms with Gasteiger partial charge in [0.05, 0.1) is 21.9 Å². The molecule has 0 aliphatic heterocycles. The van der Waals surface area contributed by atoms with Crippen LogP contribution in [0.25, 0.3) is 0 Å². The monoisotopic (exact) mass is 404 g/mol. The molecule has 7 nitrogen and oxygen atoms in total. The summed E-state index contributed by atoms with van der Waals surface area (Å²) < 4.78 is 57.0. The molecule has 0 aromatic heterocycles. The molecule has 136 valence electrons. The molecule has 0 aliphatic carbocycles. The Bertz CT molecular complexity index is 975. The summed E-state index contributed by atoms with van der Waals surface area (Å²) in [4.78, 5) is -0.143. The number of nitrogens with one attached hydrogen (secondary N) is 2. The molecule has 2 rings (SSSR count). The number of anilines is 1. The smallest absolute Gasteiger partial charge is 0.243 e. The zero-order valence-electron chi connectivity index (χ0n) is 13.5. The zero-order chi connectivity index (χ0) is 18.7. The van der Waals surface area contributed by atoms with E-state index in [0.29, 0.717) is 5.75 Å². The van der Waals surface area contributed by atoms with Crippen LogP contribution < -0.4 is 14.2 Å². The summed E-state index contributed by atoms with van der Waals surface area (Å²) in [6, 6.07) is 10.9. The van der Waals surface area contributed by atoms with Gasteiger partial charge in [-0.2, -0.15) is 4.72 Å². The Morgan fingerprint density at radius 2 is 1.80 bits per heavy atom. The van der Waals surface area contributed by atoms with E-state index in [1.54, 1.807) is 18.2 Å². The highest BCUT2D eigenvalue weighted by atomic mass is 35.5. The van der Waals surface area contributed by atoms with E-state index in [0.717, 1.165) is 17.9 Å². The number of ether oxygens (including phenoxy) is 1. The second kappa shape index (κ2) is 7.61. The quantitative estimate of drug-likeness (QED) is 0.689. The predicted molar refractivity (Wildman–Crippen MR) is 96.9 cm³/mol. The van der Waals surface area contributed by atoms with Gasteiger partial charge < -0.3 is 4.74 Å². The fraction of sp³-hybridized carbons (Fsp3) is 0.200. The molecule has 0 saturated carbocycles. The van der Waals surface area contributed by atoms with Gasteiger partial charge in [0.15, 0.2) is 6.73 Å². The average molecular weight is 405 g/mol. The molecule has 0 fully saturated rings. The molecule has 0 saturated heterocycles. The number of hydrogen-bond donors (Lipinski definition) is 2. The third-order valence-corrected chi connectivity index (χ3v) is 5.31. The van der Waals surface area contributed by atoms with E-state index in [-0.39, 0.29) is 22.3 Å². The van der Waals surface area contributed by atoms with Crippen molar-refractivity contribution in [2.24, 2.45) is 0 Å². The van der Waals surface area contributed by atoms with Crippen LogP contribution in [0, 0.1) is 6.92 Å². The molecule has 2 N–H and O–H groups in total. The maximum Gasteiger partial charge on any atom is 0.243 e. The van der Waals surface area contributed by atoms with Gasteiger partial charge in [-0.3, -0.25) is 4.72 Å². The number of rotatable bonds is 7. The number of aryl methyl sites for hydroxylation is 1. The van der Waals surface area contributed by atoms with Gasteiger partial charge in [-0.05, 0) is 42.8 Å². The first-order valence-electron chi connectivity index (χ1n) is 7.03. The molecule has 0 spiro atoms. The summed E-state index contributed by atoms with van der Waals surface area (Å²) in [6.45, 7) is 1.62. The number of hydrogen-bond acceptors (Lipinski definition) is 5. The highest BCUT2D eigenvalue weighted by molar-refractivity contribution is 7.92. The molecule has 0 heterocycles. The van der Waals surface area contributed by atoms with Crippen LogP contribution in [0.2, 0.25) is 5.02 Å². The predicted octanol–water partition coefficient (Wildman–Crippen LogP) is 2.33. The Balaban J connectivity index is 2.12. The lowest BCUT2D eigenvalue weighted by Crippen LogP contribution is -2.28. The van der Waals surface area contributed by atoms with E-state index < -0.39 is 20.0 Å². The Labute approximate surface area is 152 Å². The van der Waals surface area contributed by atoms with Crippen molar-refractivity contribution in [3.8, 4) is 5.75 Å². The molecule has 0 aliphatic rings. The maximum absolute atomic E-state index is 12.3. The minimum absolute atomic E-state index is 0.0216. The van der Waals surface area contributed by atoms with Gasteiger partial charge in [0.25, 0.3) is 0 Å². The van der Waals surface area contributed by atoms with Crippen LogP contribution in [0.5, 0.6) is 5.75 Å². The third-order valence-electron chi connectivity index (χ3n) is 3.02. The fourth-order valence-electron chi connectivity index (χ4n) is 1.93. The van der Waals surface area contributed by atoms with Crippen molar-refractivity contribution >= 4 is 37.3 Å². The zero-order valence-corrected chi connectivity index (χ0v) is 15.9. The highest BCUT2D eigenvalue weighted by Crippen LogP contribution is 2.26. The van der Waals surface area contributed by atoms with Crippen molar-refractivity contribution in [3.63, 3.8) is 0 Å². The molecule has 0 amide bonds. The molecule has 2 aromatic rings. The van der Waals surface area contributed by atoms with E-state index in [4.69, 9.17) is 16.3 Å². The van der Waals surface area contributed by atoms with Gasteiger partial charge in [0.1, 0.15) is 5.75 Å². The van der Waals surface area contributed by atoms with E-state index in [1.165, 1.54) is 12.1 Å². The first kappa shape index (κ1) is 19.5. The first-order valence-corrected chi connectivity index (χ1v) is 10.8. The van der Waals surface area contributed by atoms with Gasteiger partial charge in [0.2, 0.25) is 20.0 Å². The van der Waals surface area contributed by atoms with Crippen molar-refractivity contribution in [3.05, 3.63) is 53.1 Å². The summed E-state index contributed by atoms with van der Waals surface area (Å²) in [5.41, 5.74) is 0.959. The Hall–Kier alpha value is -1.81. The van der Waals surface area contributed by atoms with Gasteiger partial charge in [-0.25, -0.2) is 16.8 Å². The molecule has 0 unspecified atom stereocenters. The van der Waals surface area contributed by atoms with Crippen molar-refractivity contribution in [2.45, 2.75) is 11.8 Å². The summed E-state index contributed by atoms with van der Waals surface area (Å²) in [6.07, 6.45) is 0.943. The van der Waals surface area contributed by atoms with Crippen molar-refractivity contribution in [2.75, 3.05) is 17.7 Å². The van der Waals surface area contributed by atoms with Crippen LogP contribution in [-0.4, -0.2) is 29.8 Å². The lowest BCUT2D eigenvalue weighted by Gasteiger charge is -2.11. The molecule has 0 radical (unpaired) electrons. The second-order valence-electron chi connectivity index (χ2n) is 5.27. The van der Waals surface area contributed by atoms with Crippen molar-refractivity contribution in [1.82, 2.24) is 4.72 Å². The number of sulfonamides is 2. The molecular formula is C15H17ClN2O5S2. The molecule has 0 bridgehead atoms. The molecule has 0 atom stereocenters. The highest BCUT2D eigenvalue weighted by Gasteiger charge is 2.17. The topological polar surface area (TPSA) is 102 Å². The lowest BCUT2D eigenvalue weighted by atomic mass is 10.2. The van der Waals surface area contributed by atoms with Gasteiger partial charge in [-0.1, -0.05) is 23.7 Å². The minimum Gasteiger partial charge on any atom is -0.477 e. The van der Waals surface area contributed by atoms with Gasteiger partial charge >= 0.3 is 0 Å². The number of benzene rings is 2. The Morgan fingerprint density at radius 1 is 1.08 bits per heavy atom. The summed E-state index contributed by atoms with van der Waals surface area (Å²) in [5, 5.41) is 0.0837. The largest absolute Gasteiger partial charge is 0.477 e. The SMILES string of the molecule is Cc1cccc(OCNS(=O)(=O)c2ccc(Cl)c(NS(C)(=O)=O)c2)c1. The second-order valence-corrected chi connectivity index (χ2v) is 9.19. The van der Waals surface area contributed by atoms with Crippen LogP contribution >= 0.6 is 11.6 Å². The van der Waals surface area contributed by atoms with E-state index in [9.17, 15) is 16.8 Å². The van der Waals surface area contributed by atoms with Gasteiger partial charge in [0, 0.05) is 0 Å². The molecule has 25 heavy (non-hydrogen) atoms. The average Bonchev–Trinajstić information content (AvgIpc) is 2.48. The normalized spacial score (nSPS) is 12.0. The van der Waals surface area contributed by atoms with Crippen molar-refractivity contribution < 1.29 is 21.6 Å². The molecular weight excluding hydrogens is 388 g/mol. The van der Waals surface area contributed by atoms with Crippen LogP contribution in [0.3, 0.4) is 0 Å². The van der Waals surface area contributed by atoms with Crippen LogP contribution in [0.15, 0.2) is 47.4 Å². The lowest BCUT2D eigenvalue weighted by molar-refractivity contribution is 0.310. The third kappa shape index (κ3) is 5.89. The summed E-state index contributed by atoms with van der Waals surface area (Å²) in [5.74, 6) is 0.526. The van der Waals surface area contributed by atoms with E-state index in [1.807, 2.05) is 13.0 Å². The summed E-state index contributed by atoms with van der Waals surface area (Å²) in [7, 11) is -7.50. The van der Waals surface area contributed by atoms with Crippen LogP contribution in [0.4, 0.5) is 5.69 Å². The van der Waals surface area contributed by atoms with Gasteiger partial charge in [-0.15, -0.1) is 0 Å². The van der Waals surface area contributed by atoms with Crippen molar-refractivity contribution in [1.29, 1.82) is 0 Å². The Morgan fingerprint density at radius 3 is 2.44 bits per heavy atom. The molecule has 2 aromatic carbocycles. The molecule has 10 heteroatoms. The summed E-state index contributed by atoms with van der Waals surface area (Å²) >= 11 is 5.88.